The Hall–Kier alpha value is -2.75. The van der Waals surface area contributed by atoms with Gasteiger partial charge in [-0.25, -0.2) is 0 Å². The SMILES string of the molecule is Nc1ccc(C(=O)NCC23C4=C(C5CCC45)C2C2C4CCC4C23)cc1OCc1ccccc1. The van der Waals surface area contributed by atoms with Gasteiger partial charge in [-0.05, 0) is 90.9 Å². The van der Waals surface area contributed by atoms with Gasteiger partial charge in [-0.2, -0.15) is 0 Å². The first-order valence-corrected chi connectivity index (χ1v) is 12.8. The number of nitrogens with two attached hydrogens (primary N) is 1. The van der Waals surface area contributed by atoms with Crippen LogP contribution in [0, 0.1) is 46.8 Å². The van der Waals surface area contributed by atoms with Gasteiger partial charge >= 0.3 is 0 Å². The van der Waals surface area contributed by atoms with E-state index in [0.29, 0.717) is 29.0 Å². The van der Waals surface area contributed by atoms with Crippen LogP contribution in [0.4, 0.5) is 5.69 Å². The maximum Gasteiger partial charge on any atom is 0.251 e. The van der Waals surface area contributed by atoms with Crippen molar-refractivity contribution in [1.82, 2.24) is 5.32 Å². The summed E-state index contributed by atoms with van der Waals surface area (Å²) in [6.45, 7) is 1.26. The van der Waals surface area contributed by atoms with E-state index in [1.807, 2.05) is 42.0 Å². The summed E-state index contributed by atoms with van der Waals surface area (Å²) in [5, 5.41) is 3.36. The topological polar surface area (TPSA) is 64.4 Å². The van der Waals surface area contributed by atoms with E-state index in [4.69, 9.17) is 10.5 Å². The number of benzene rings is 2. The lowest BCUT2D eigenvalue weighted by molar-refractivity contribution is -0.310. The molecule has 4 heteroatoms. The Balaban J connectivity index is 0.998. The molecule has 8 unspecified atom stereocenters. The van der Waals surface area contributed by atoms with E-state index in [2.05, 4.69) is 5.32 Å². The van der Waals surface area contributed by atoms with Crippen molar-refractivity contribution in [2.45, 2.75) is 32.3 Å². The summed E-state index contributed by atoms with van der Waals surface area (Å²) in [5.41, 5.74) is 12.4. The lowest BCUT2D eigenvalue weighted by Gasteiger charge is -2.87. The van der Waals surface area contributed by atoms with Crippen LogP contribution < -0.4 is 15.8 Å². The number of hydrogen-bond acceptors (Lipinski definition) is 3. The van der Waals surface area contributed by atoms with Gasteiger partial charge < -0.3 is 15.8 Å². The fraction of sp³-hybridized carbons (Fsp3) is 0.483. The molecule has 0 aromatic heterocycles. The van der Waals surface area contributed by atoms with Gasteiger partial charge in [0.05, 0.1) is 5.69 Å². The van der Waals surface area contributed by atoms with Crippen LogP contribution in [-0.4, -0.2) is 12.5 Å². The van der Waals surface area contributed by atoms with Crippen molar-refractivity contribution < 1.29 is 9.53 Å². The average Bonchev–Trinajstić information content (AvgIpc) is 2.80. The Bertz CT molecular complexity index is 1220. The van der Waals surface area contributed by atoms with Crippen molar-refractivity contribution in [3.63, 3.8) is 0 Å². The van der Waals surface area contributed by atoms with Gasteiger partial charge in [-0.15, -0.1) is 0 Å². The summed E-state index contributed by atoms with van der Waals surface area (Å²) < 4.78 is 5.95. The fourth-order valence-electron chi connectivity index (χ4n) is 8.98. The molecule has 4 fully saturated rings. The van der Waals surface area contributed by atoms with E-state index in [-0.39, 0.29) is 5.91 Å². The lowest BCUT2D eigenvalue weighted by Crippen LogP contribution is -2.84. The predicted molar refractivity (Wildman–Crippen MR) is 126 cm³/mol. The molecule has 2 aromatic carbocycles. The van der Waals surface area contributed by atoms with Crippen molar-refractivity contribution in [2.24, 2.45) is 46.8 Å². The predicted octanol–water partition coefficient (Wildman–Crippen LogP) is 4.82. The van der Waals surface area contributed by atoms with E-state index < -0.39 is 0 Å². The maximum absolute atomic E-state index is 13.2. The van der Waals surface area contributed by atoms with Crippen LogP contribution in [0.2, 0.25) is 0 Å². The number of anilines is 1. The molecule has 0 heterocycles. The molecule has 2 aromatic rings. The summed E-state index contributed by atoms with van der Waals surface area (Å²) >= 11 is 0. The van der Waals surface area contributed by atoms with Crippen LogP contribution in [0.25, 0.3) is 0 Å². The highest BCUT2D eigenvalue weighted by Gasteiger charge is 2.84. The summed E-state index contributed by atoms with van der Waals surface area (Å²) in [6.07, 6.45) is 5.69. The van der Waals surface area contributed by atoms with Crippen LogP contribution in [0.5, 0.6) is 5.75 Å². The highest BCUT2D eigenvalue weighted by Crippen LogP contribution is 2.89. The highest BCUT2D eigenvalue weighted by molar-refractivity contribution is 5.95. The van der Waals surface area contributed by atoms with Gasteiger partial charge in [0.25, 0.3) is 5.91 Å². The van der Waals surface area contributed by atoms with Crippen molar-refractivity contribution in [3.8, 4) is 5.75 Å². The molecule has 0 spiro atoms. The largest absolute Gasteiger partial charge is 0.487 e. The molecule has 6 aliphatic carbocycles. The van der Waals surface area contributed by atoms with Crippen LogP contribution in [-0.2, 0) is 6.61 Å². The van der Waals surface area contributed by atoms with E-state index in [1.165, 1.54) is 25.7 Å². The quantitative estimate of drug-likeness (QED) is 0.386. The van der Waals surface area contributed by atoms with Crippen molar-refractivity contribution in [2.75, 3.05) is 12.3 Å². The molecule has 6 aliphatic rings. The van der Waals surface area contributed by atoms with Gasteiger partial charge in [0.15, 0.2) is 0 Å². The second-order valence-electron chi connectivity index (χ2n) is 11.4. The second-order valence-corrected chi connectivity index (χ2v) is 11.4. The zero-order chi connectivity index (χ0) is 21.9. The number of amides is 1. The van der Waals surface area contributed by atoms with Crippen molar-refractivity contribution >= 4 is 11.6 Å². The molecule has 3 N–H and O–H groups in total. The van der Waals surface area contributed by atoms with E-state index in [0.717, 1.165) is 53.5 Å². The number of allylic oxidation sites excluding steroid dienone is 1. The fourth-order valence-corrected chi connectivity index (χ4v) is 8.98. The van der Waals surface area contributed by atoms with Crippen LogP contribution in [0.3, 0.4) is 0 Å². The monoisotopic (exact) mass is 438 g/mol. The number of fused-ring (bicyclic) bond motifs is 12. The number of rotatable bonds is 6. The van der Waals surface area contributed by atoms with Gasteiger partial charge in [0.1, 0.15) is 12.4 Å². The molecule has 4 nitrogen and oxygen atoms in total. The summed E-state index contributed by atoms with van der Waals surface area (Å²) in [7, 11) is 0. The first-order chi connectivity index (χ1) is 16.2. The number of hydrogen-bond donors (Lipinski definition) is 2. The Labute approximate surface area is 194 Å². The first-order valence-electron chi connectivity index (χ1n) is 12.8. The molecule has 0 bridgehead atoms. The molecule has 0 saturated heterocycles. The zero-order valence-corrected chi connectivity index (χ0v) is 18.8. The van der Waals surface area contributed by atoms with E-state index >= 15 is 0 Å². The lowest BCUT2D eigenvalue weighted by atomic mass is 9.16. The molecular weight excluding hydrogens is 408 g/mol. The Morgan fingerprint density at radius 3 is 2.61 bits per heavy atom. The molecule has 0 radical (unpaired) electrons. The third-order valence-corrected chi connectivity index (χ3v) is 10.5. The first kappa shape index (κ1) is 18.7. The molecule has 8 rings (SSSR count). The minimum absolute atomic E-state index is 0.000785. The number of ether oxygens (including phenoxy) is 1. The second kappa shape index (κ2) is 6.22. The minimum Gasteiger partial charge on any atom is -0.487 e. The average molecular weight is 439 g/mol. The van der Waals surface area contributed by atoms with Crippen molar-refractivity contribution in [3.05, 3.63) is 70.8 Å². The third kappa shape index (κ3) is 2.12. The number of nitrogen functional groups attached to an aromatic ring is 1. The summed E-state index contributed by atoms with van der Waals surface area (Å²) in [4.78, 5) is 13.2. The van der Waals surface area contributed by atoms with Crippen LogP contribution >= 0.6 is 0 Å². The number of carbonyl (C=O) groups excluding carboxylic acids is 1. The summed E-state index contributed by atoms with van der Waals surface area (Å²) in [6, 6.07) is 15.4. The molecule has 1 amide bonds. The van der Waals surface area contributed by atoms with Gasteiger partial charge in [0, 0.05) is 17.5 Å². The van der Waals surface area contributed by atoms with Gasteiger partial charge in [0.2, 0.25) is 0 Å². The maximum atomic E-state index is 13.2. The standard InChI is InChI=1S/C29H30N2O2/c30-21-11-6-16(12-22(21)33-13-15-4-2-1-3-5-15)28(32)31-14-29-25-19-9-7-17(19)23(25)27(29)24-18-8-10-20(18)26(24)29/h1-6,11-12,17-20,23,25,27H,7-10,13-14,30H2,(H,31,32). The van der Waals surface area contributed by atoms with Crippen LogP contribution in [0.15, 0.2) is 59.7 Å². The number of carbonyl (C=O) groups is 1. The Morgan fingerprint density at radius 2 is 1.85 bits per heavy atom. The molecular formula is C29H30N2O2. The van der Waals surface area contributed by atoms with Crippen LogP contribution in [0.1, 0.15) is 41.6 Å². The Morgan fingerprint density at radius 1 is 1.03 bits per heavy atom. The molecule has 4 saturated carbocycles. The highest BCUT2D eigenvalue weighted by atomic mass is 16.5. The third-order valence-electron chi connectivity index (χ3n) is 10.5. The van der Waals surface area contributed by atoms with Gasteiger partial charge in [-0.1, -0.05) is 41.5 Å². The molecule has 8 atom stereocenters. The van der Waals surface area contributed by atoms with E-state index in [9.17, 15) is 4.79 Å². The normalized spacial score (nSPS) is 39.8. The van der Waals surface area contributed by atoms with Crippen molar-refractivity contribution in [1.29, 1.82) is 0 Å². The molecule has 168 valence electrons. The summed E-state index contributed by atoms with van der Waals surface area (Å²) in [5.74, 6) is 6.94. The minimum atomic E-state index is -0.000785. The van der Waals surface area contributed by atoms with E-state index in [1.54, 1.807) is 17.7 Å². The van der Waals surface area contributed by atoms with Gasteiger partial charge in [-0.3, -0.25) is 4.79 Å². The molecule has 0 aliphatic heterocycles. The zero-order valence-electron chi connectivity index (χ0n) is 18.8. The molecule has 33 heavy (non-hydrogen) atoms. The Kier molecular flexibility index (Phi) is 3.52. The number of nitrogens with one attached hydrogen (secondary N) is 1. The smallest absolute Gasteiger partial charge is 0.251 e.